The zero-order valence-corrected chi connectivity index (χ0v) is 18.9. The summed E-state index contributed by atoms with van der Waals surface area (Å²) in [5, 5.41) is 2.75. The Bertz CT molecular complexity index is 1150. The second-order valence-electron chi connectivity index (χ2n) is 8.20. The van der Waals surface area contributed by atoms with E-state index in [-0.39, 0.29) is 17.9 Å². The molecule has 2 amide bonds. The van der Waals surface area contributed by atoms with Gasteiger partial charge in [-0.1, -0.05) is 42.0 Å². The van der Waals surface area contributed by atoms with E-state index in [1.807, 2.05) is 48.2 Å². The van der Waals surface area contributed by atoms with E-state index in [0.717, 1.165) is 28.7 Å². The molecule has 0 fully saturated rings. The van der Waals surface area contributed by atoms with Crippen molar-refractivity contribution in [2.75, 3.05) is 13.1 Å². The van der Waals surface area contributed by atoms with Gasteiger partial charge in [0.2, 0.25) is 0 Å². The topological polar surface area (TPSA) is 71.8 Å². The zero-order chi connectivity index (χ0) is 23.4. The molecule has 1 aliphatic heterocycles. The van der Waals surface area contributed by atoms with Gasteiger partial charge in [-0.05, 0) is 61.2 Å². The van der Waals surface area contributed by atoms with Gasteiger partial charge in [0.05, 0.1) is 12.3 Å². The Morgan fingerprint density at radius 2 is 2.09 bits per heavy atom. The fourth-order valence-corrected chi connectivity index (χ4v) is 4.20. The number of carbonyl (C=O) groups excluding carboxylic acids is 2. The molecule has 4 rings (SSSR count). The lowest BCUT2D eigenvalue weighted by Crippen LogP contribution is -2.40. The van der Waals surface area contributed by atoms with E-state index in [9.17, 15) is 9.59 Å². The van der Waals surface area contributed by atoms with E-state index >= 15 is 0 Å². The van der Waals surface area contributed by atoms with E-state index < -0.39 is 6.10 Å². The van der Waals surface area contributed by atoms with E-state index in [4.69, 9.17) is 9.15 Å². The van der Waals surface area contributed by atoms with Crippen molar-refractivity contribution in [2.45, 2.75) is 32.4 Å². The molecule has 0 spiro atoms. The van der Waals surface area contributed by atoms with E-state index in [1.165, 1.54) is 6.26 Å². The summed E-state index contributed by atoms with van der Waals surface area (Å²) in [5.41, 5.74) is 4.28. The van der Waals surface area contributed by atoms with E-state index in [2.05, 4.69) is 18.0 Å². The summed E-state index contributed by atoms with van der Waals surface area (Å²) in [4.78, 5) is 27.4. The minimum Gasteiger partial charge on any atom is -0.481 e. The average molecular weight is 445 g/mol. The predicted molar refractivity (Wildman–Crippen MR) is 126 cm³/mol. The van der Waals surface area contributed by atoms with Crippen molar-refractivity contribution < 1.29 is 18.7 Å². The van der Waals surface area contributed by atoms with Crippen LogP contribution in [-0.2, 0) is 11.2 Å². The molecule has 1 N–H and O–H groups in total. The Labute approximate surface area is 193 Å². The highest BCUT2D eigenvalue weighted by atomic mass is 16.5. The van der Waals surface area contributed by atoms with Gasteiger partial charge >= 0.3 is 0 Å². The Morgan fingerprint density at radius 3 is 2.82 bits per heavy atom. The first-order chi connectivity index (χ1) is 16.0. The second-order valence-corrected chi connectivity index (χ2v) is 8.20. The van der Waals surface area contributed by atoms with Crippen LogP contribution in [0.15, 0.2) is 77.9 Å². The number of carbonyl (C=O) groups is 2. The molecule has 2 heterocycles. The van der Waals surface area contributed by atoms with Crippen LogP contribution in [0.2, 0.25) is 0 Å². The number of amides is 2. The number of nitrogens with one attached hydrogen (secondary N) is 1. The molecule has 6 heteroatoms. The molecule has 170 valence electrons. The first kappa shape index (κ1) is 22.4. The van der Waals surface area contributed by atoms with Gasteiger partial charge in [0.25, 0.3) is 11.8 Å². The maximum atomic E-state index is 13.3. The fourth-order valence-electron chi connectivity index (χ4n) is 4.20. The van der Waals surface area contributed by atoms with Gasteiger partial charge < -0.3 is 19.4 Å². The van der Waals surface area contributed by atoms with Gasteiger partial charge in [0.15, 0.2) is 11.9 Å². The number of rotatable bonds is 7. The normalized spacial score (nSPS) is 15.9. The summed E-state index contributed by atoms with van der Waals surface area (Å²) in [5.74, 6) is 0.536. The van der Waals surface area contributed by atoms with E-state index in [0.29, 0.717) is 24.6 Å². The van der Waals surface area contributed by atoms with Gasteiger partial charge in [-0.2, -0.15) is 0 Å². The van der Waals surface area contributed by atoms with Crippen molar-refractivity contribution >= 4 is 11.8 Å². The predicted octanol–water partition coefficient (Wildman–Crippen LogP) is 4.45. The van der Waals surface area contributed by atoms with Crippen molar-refractivity contribution in [2.24, 2.45) is 0 Å². The third kappa shape index (κ3) is 4.85. The van der Waals surface area contributed by atoms with Crippen molar-refractivity contribution in [3.8, 4) is 5.75 Å². The third-order valence-corrected chi connectivity index (χ3v) is 5.80. The first-order valence-electron chi connectivity index (χ1n) is 11.1. The number of benzene rings is 2. The molecule has 0 radical (unpaired) electrons. The molecule has 33 heavy (non-hydrogen) atoms. The Kier molecular flexibility index (Phi) is 6.63. The van der Waals surface area contributed by atoms with Gasteiger partial charge in [0.1, 0.15) is 5.75 Å². The molecule has 1 aliphatic rings. The second kappa shape index (κ2) is 9.77. The van der Waals surface area contributed by atoms with Gasteiger partial charge in [0, 0.05) is 13.1 Å². The number of hydrogen-bond donors (Lipinski definition) is 1. The Morgan fingerprint density at radius 1 is 1.24 bits per heavy atom. The summed E-state index contributed by atoms with van der Waals surface area (Å²) < 4.78 is 11.4. The van der Waals surface area contributed by atoms with Crippen molar-refractivity contribution in [3.05, 3.63) is 102 Å². The molecule has 2 atom stereocenters. The van der Waals surface area contributed by atoms with Crippen LogP contribution in [0.1, 0.15) is 45.8 Å². The van der Waals surface area contributed by atoms with Crippen molar-refractivity contribution in [1.82, 2.24) is 10.2 Å². The smallest absolute Gasteiger partial charge is 0.290 e. The molecule has 0 saturated carbocycles. The van der Waals surface area contributed by atoms with Crippen molar-refractivity contribution in [3.63, 3.8) is 0 Å². The minimum atomic E-state index is -0.662. The molecule has 0 saturated heterocycles. The summed E-state index contributed by atoms with van der Waals surface area (Å²) in [6.45, 7) is 8.32. The van der Waals surface area contributed by atoms with Crippen LogP contribution in [0, 0.1) is 6.92 Å². The number of fused-ring (bicyclic) bond motifs is 1. The number of nitrogens with zero attached hydrogens (tertiary/aromatic N) is 1. The third-order valence-electron chi connectivity index (χ3n) is 5.80. The Balaban J connectivity index is 1.70. The SMILES string of the molecule is C=CCNC(=O)[C@H](C)Oc1ccc2c(c1)[C@H](c1cccc(C)c1)N(C(=O)c1ccco1)CC2. The zero-order valence-electron chi connectivity index (χ0n) is 18.9. The molecule has 6 nitrogen and oxygen atoms in total. The molecule has 0 unspecified atom stereocenters. The van der Waals surface area contributed by atoms with Crippen LogP contribution in [0.4, 0.5) is 0 Å². The highest BCUT2D eigenvalue weighted by molar-refractivity contribution is 5.92. The lowest BCUT2D eigenvalue weighted by atomic mass is 9.87. The quantitative estimate of drug-likeness (QED) is 0.547. The van der Waals surface area contributed by atoms with Crippen LogP contribution in [0.25, 0.3) is 0 Å². The highest BCUT2D eigenvalue weighted by Gasteiger charge is 2.34. The van der Waals surface area contributed by atoms with Crippen molar-refractivity contribution in [1.29, 1.82) is 0 Å². The number of aryl methyl sites for hydroxylation is 1. The standard InChI is InChI=1S/C27H28N2O4/c1-4-13-28-26(30)19(3)33-22-11-10-20-12-14-29(27(31)24-9-6-15-32-24)25(23(20)17-22)21-8-5-7-18(2)16-21/h4-11,15-17,19,25H,1,12-14H2,2-3H3,(H,28,30)/t19-,25-/m0/s1. The molecule has 3 aromatic rings. The van der Waals surface area contributed by atoms with Crippen LogP contribution in [0.5, 0.6) is 5.75 Å². The first-order valence-corrected chi connectivity index (χ1v) is 11.1. The highest BCUT2D eigenvalue weighted by Crippen LogP contribution is 2.38. The number of hydrogen-bond acceptors (Lipinski definition) is 4. The maximum absolute atomic E-state index is 13.3. The molecular formula is C27H28N2O4. The van der Waals surface area contributed by atoms with E-state index in [1.54, 1.807) is 25.1 Å². The fraction of sp³-hybridized carbons (Fsp3) is 0.259. The summed E-state index contributed by atoms with van der Waals surface area (Å²) in [6, 6.07) is 17.1. The largest absolute Gasteiger partial charge is 0.481 e. The molecular weight excluding hydrogens is 416 g/mol. The number of ether oxygens (including phenoxy) is 1. The van der Waals surface area contributed by atoms with Gasteiger partial charge in [-0.25, -0.2) is 0 Å². The van der Waals surface area contributed by atoms with Crippen LogP contribution in [0.3, 0.4) is 0 Å². The molecule has 0 aliphatic carbocycles. The lowest BCUT2D eigenvalue weighted by Gasteiger charge is -2.37. The lowest BCUT2D eigenvalue weighted by molar-refractivity contribution is -0.127. The number of furan rings is 1. The summed E-state index contributed by atoms with van der Waals surface area (Å²) >= 11 is 0. The molecule has 0 bridgehead atoms. The minimum absolute atomic E-state index is 0.152. The molecule has 2 aromatic carbocycles. The van der Waals surface area contributed by atoms with Crippen LogP contribution in [-0.4, -0.2) is 35.9 Å². The summed E-state index contributed by atoms with van der Waals surface area (Å²) in [6.07, 6.45) is 3.20. The average Bonchev–Trinajstić information content (AvgIpc) is 3.36. The summed E-state index contributed by atoms with van der Waals surface area (Å²) in [7, 11) is 0. The van der Waals surface area contributed by atoms with Gasteiger partial charge in [-0.15, -0.1) is 6.58 Å². The monoisotopic (exact) mass is 444 g/mol. The molecule has 1 aromatic heterocycles. The van der Waals surface area contributed by atoms with Gasteiger partial charge in [-0.3, -0.25) is 9.59 Å². The maximum Gasteiger partial charge on any atom is 0.290 e. The Hall–Kier alpha value is -3.80. The van der Waals surface area contributed by atoms with Crippen LogP contribution >= 0.6 is 0 Å². The van der Waals surface area contributed by atoms with Crippen LogP contribution < -0.4 is 10.1 Å².